The number of para-hydroxylation sites is 1. The molecular formula is C18H17N3O2S. The Morgan fingerprint density at radius 3 is 2.71 bits per heavy atom. The van der Waals surface area contributed by atoms with E-state index in [1.165, 1.54) is 11.3 Å². The molecule has 1 aromatic carbocycles. The summed E-state index contributed by atoms with van der Waals surface area (Å²) in [5, 5.41) is 5.20. The number of aryl methyl sites for hydroxylation is 2. The zero-order valence-corrected chi connectivity index (χ0v) is 14.3. The Kier molecular flexibility index (Phi) is 4.86. The first kappa shape index (κ1) is 16.1. The molecule has 6 heteroatoms. The molecule has 0 saturated carbocycles. The minimum Gasteiger partial charge on any atom is -0.483 e. The Morgan fingerprint density at radius 2 is 2.00 bits per heavy atom. The first-order valence-corrected chi connectivity index (χ1v) is 8.36. The summed E-state index contributed by atoms with van der Waals surface area (Å²) in [6.45, 7) is 3.87. The highest BCUT2D eigenvalue weighted by Crippen LogP contribution is 2.25. The number of benzene rings is 1. The highest BCUT2D eigenvalue weighted by Gasteiger charge is 2.10. The molecule has 0 aliphatic heterocycles. The highest BCUT2D eigenvalue weighted by atomic mass is 32.1. The van der Waals surface area contributed by atoms with Gasteiger partial charge in [-0.3, -0.25) is 15.1 Å². The molecule has 0 aliphatic carbocycles. The number of thiazole rings is 1. The molecule has 0 fully saturated rings. The van der Waals surface area contributed by atoms with E-state index in [1.807, 2.05) is 49.6 Å². The van der Waals surface area contributed by atoms with Crippen LogP contribution in [-0.4, -0.2) is 22.5 Å². The second-order valence-corrected chi connectivity index (χ2v) is 6.20. The van der Waals surface area contributed by atoms with Crippen LogP contribution in [-0.2, 0) is 4.79 Å². The highest BCUT2D eigenvalue weighted by molar-refractivity contribution is 7.14. The number of rotatable bonds is 5. The second kappa shape index (κ2) is 7.23. The van der Waals surface area contributed by atoms with Crippen molar-refractivity contribution in [3.63, 3.8) is 0 Å². The summed E-state index contributed by atoms with van der Waals surface area (Å²) in [4.78, 5) is 20.5. The SMILES string of the molecule is Cc1cccc(C)c1OCC(=O)Nc1nc(-c2cccnc2)cs1. The van der Waals surface area contributed by atoms with Crippen LogP contribution in [0.25, 0.3) is 11.3 Å². The molecule has 3 rings (SSSR count). The lowest BCUT2D eigenvalue weighted by atomic mass is 10.1. The van der Waals surface area contributed by atoms with Gasteiger partial charge in [0.1, 0.15) is 5.75 Å². The molecule has 0 bridgehead atoms. The molecule has 0 aliphatic rings. The van der Waals surface area contributed by atoms with Crippen molar-refractivity contribution < 1.29 is 9.53 Å². The van der Waals surface area contributed by atoms with E-state index in [-0.39, 0.29) is 12.5 Å². The number of carbonyl (C=O) groups excluding carboxylic acids is 1. The van der Waals surface area contributed by atoms with Crippen molar-refractivity contribution >= 4 is 22.4 Å². The Hall–Kier alpha value is -2.73. The molecule has 2 aromatic heterocycles. The predicted octanol–water partition coefficient (Wildman–Crippen LogP) is 3.84. The van der Waals surface area contributed by atoms with Gasteiger partial charge in [0.15, 0.2) is 11.7 Å². The molecule has 24 heavy (non-hydrogen) atoms. The third-order valence-corrected chi connectivity index (χ3v) is 4.22. The summed E-state index contributed by atoms with van der Waals surface area (Å²) in [6, 6.07) is 9.67. The standard InChI is InChI=1S/C18H17N3O2S/c1-12-5-3-6-13(2)17(12)23-10-16(22)21-18-20-15(11-24-18)14-7-4-8-19-9-14/h3-9,11H,10H2,1-2H3,(H,20,21,22). The molecule has 0 atom stereocenters. The monoisotopic (exact) mass is 339 g/mol. The van der Waals surface area contributed by atoms with Crippen molar-refractivity contribution in [2.75, 3.05) is 11.9 Å². The van der Waals surface area contributed by atoms with Gasteiger partial charge in [-0.15, -0.1) is 11.3 Å². The van der Waals surface area contributed by atoms with Crippen molar-refractivity contribution in [2.24, 2.45) is 0 Å². The Morgan fingerprint density at radius 1 is 1.21 bits per heavy atom. The van der Waals surface area contributed by atoms with E-state index in [0.717, 1.165) is 28.1 Å². The minimum absolute atomic E-state index is 0.0481. The predicted molar refractivity (Wildman–Crippen MR) is 95.4 cm³/mol. The number of hydrogen-bond donors (Lipinski definition) is 1. The zero-order valence-electron chi connectivity index (χ0n) is 13.4. The first-order valence-electron chi connectivity index (χ1n) is 7.48. The van der Waals surface area contributed by atoms with Crippen LogP contribution in [0.3, 0.4) is 0 Å². The Bertz CT molecular complexity index is 826. The van der Waals surface area contributed by atoms with Gasteiger partial charge >= 0.3 is 0 Å². The normalized spacial score (nSPS) is 10.4. The van der Waals surface area contributed by atoms with Crippen LogP contribution >= 0.6 is 11.3 Å². The van der Waals surface area contributed by atoms with Crippen LogP contribution < -0.4 is 10.1 Å². The summed E-state index contributed by atoms with van der Waals surface area (Å²) < 4.78 is 5.65. The minimum atomic E-state index is -0.232. The topological polar surface area (TPSA) is 64.1 Å². The summed E-state index contributed by atoms with van der Waals surface area (Å²) in [5.41, 5.74) is 3.73. The van der Waals surface area contributed by atoms with Crippen molar-refractivity contribution in [3.8, 4) is 17.0 Å². The molecule has 1 N–H and O–H groups in total. The quantitative estimate of drug-likeness (QED) is 0.767. The fourth-order valence-corrected chi connectivity index (χ4v) is 3.03. The molecule has 0 unspecified atom stereocenters. The van der Waals surface area contributed by atoms with Crippen LogP contribution in [0.2, 0.25) is 0 Å². The molecule has 0 saturated heterocycles. The number of nitrogens with zero attached hydrogens (tertiary/aromatic N) is 2. The summed E-state index contributed by atoms with van der Waals surface area (Å²) in [5.74, 6) is 0.521. The van der Waals surface area contributed by atoms with E-state index in [4.69, 9.17) is 4.74 Å². The lowest BCUT2D eigenvalue weighted by Crippen LogP contribution is -2.20. The van der Waals surface area contributed by atoms with Gasteiger partial charge < -0.3 is 4.74 Å². The fraction of sp³-hybridized carbons (Fsp3) is 0.167. The molecule has 0 spiro atoms. The average Bonchev–Trinajstić information content (AvgIpc) is 3.03. The van der Waals surface area contributed by atoms with E-state index >= 15 is 0 Å². The molecule has 5 nitrogen and oxygen atoms in total. The molecule has 2 heterocycles. The van der Waals surface area contributed by atoms with Crippen molar-refractivity contribution in [2.45, 2.75) is 13.8 Å². The average molecular weight is 339 g/mol. The molecule has 122 valence electrons. The summed E-state index contributed by atoms with van der Waals surface area (Å²) in [7, 11) is 0. The van der Waals surface area contributed by atoms with Crippen LogP contribution in [0.4, 0.5) is 5.13 Å². The van der Waals surface area contributed by atoms with Crippen LogP contribution in [0.1, 0.15) is 11.1 Å². The number of pyridine rings is 1. The Balaban J connectivity index is 1.61. The van der Waals surface area contributed by atoms with Gasteiger partial charge in [-0.05, 0) is 37.1 Å². The zero-order chi connectivity index (χ0) is 16.9. The molecule has 3 aromatic rings. The number of carbonyl (C=O) groups is 1. The third-order valence-electron chi connectivity index (χ3n) is 3.46. The smallest absolute Gasteiger partial charge is 0.264 e. The number of amides is 1. The van der Waals surface area contributed by atoms with Crippen LogP contribution in [0.15, 0.2) is 48.1 Å². The lowest BCUT2D eigenvalue weighted by Gasteiger charge is -2.11. The van der Waals surface area contributed by atoms with Crippen molar-refractivity contribution in [1.29, 1.82) is 0 Å². The maximum atomic E-state index is 12.1. The lowest BCUT2D eigenvalue weighted by molar-refractivity contribution is -0.118. The maximum absolute atomic E-state index is 12.1. The number of aromatic nitrogens is 2. The van der Waals surface area contributed by atoms with E-state index in [9.17, 15) is 4.79 Å². The molecular weight excluding hydrogens is 322 g/mol. The fourth-order valence-electron chi connectivity index (χ4n) is 2.30. The van der Waals surface area contributed by atoms with Gasteiger partial charge in [0.05, 0.1) is 5.69 Å². The van der Waals surface area contributed by atoms with Gasteiger partial charge in [0, 0.05) is 23.3 Å². The van der Waals surface area contributed by atoms with Gasteiger partial charge in [0.25, 0.3) is 5.91 Å². The van der Waals surface area contributed by atoms with Crippen molar-refractivity contribution in [1.82, 2.24) is 9.97 Å². The largest absolute Gasteiger partial charge is 0.483 e. The molecule has 0 radical (unpaired) electrons. The van der Waals surface area contributed by atoms with E-state index in [2.05, 4.69) is 15.3 Å². The number of hydrogen-bond acceptors (Lipinski definition) is 5. The maximum Gasteiger partial charge on any atom is 0.264 e. The van der Waals surface area contributed by atoms with Gasteiger partial charge in [-0.1, -0.05) is 18.2 Å². The molecule has 1 amide bonds. The van der Waals surface area contributed by atoms with Crippen LogP contribution in [0, 0.1) is 13.8 Å². The third kappa shape index (κ3) is 3.78. The van der Waals surface area contributed by atoms with Crippen molar-refractivity contribution in [3.05, 3.63) is 59.2 Å². The first-order chi connectivity index (χ1) is 11.6. The number of ether oxygens (including phenoxy) is 1. The van der Waals surface area contributed by atoms with Gasteiger partial charge in [-0.2, -0.15) is 0 Å². The van der Waals surface area contributed by atoms with E-state index in [1.54, 1.807) is 12.4 Å². The van der Waals surface area contributed by atoms with Gasteiger partial charge in [0.2, 0.25) is 0 Å². The second-order valence-electron chi connectivity index (χ2n) is 5.34. The summed E-state index contributed by atoms with van der Waals surface area (Å²) in [6.07, 6.45) is 3.45. The van der Waals surface area contributed by atoms with E-state index < -0.39 is 0 Å². The van der Waals surface area contributed by atoms with Gasteiger partial charge in [-0.25, -0.2) is 4.98 Å². The number of anilines is 1. The number of nitrogens with one attached hydrogen (secondary N) is 1. The van der Waals surface area contributed by atoms with Crippen LogP contribution in [0.5, 0.6) is 5.75 Å². The summed E-state index contributed by atoms with van der Waals surface area (Å²) >= 11 is 1.37. The Labute approximate surface area is 144 Å². The van der Waals surface area contributed by atoms with E-state index in [0.29, 0.717) is 5.13 Å².